The van der Waals surface area contributed by atoms with Crippen LogP contribution in [0.2, 0.25) is 0 Å². The first-order valence-corrected chi connectivity index (χ1v) is 7.53. The van der Waals surface area contributed by atoms with Crippen LogP contribution in [0.3, 0.4) is 0 Å². The van der Waals surface area contributed by atoms with Gasteiger partial charge >= 0.3 is 0 Å². The van der Waals surface area contributed by atoms with Crippen molar-refractivity contribution in [2.45, 2.75) is 26.8 Å². The minimum absolute atomic E-state index is 0.0648. The maximum atomic E-state index is 6.29. The van der Waals surface area contributed by atoms with Gasteiger partial charge in [-0.05, 0) is 22.6 Å². The molecule has 3 nitrogen and oxygen atoms in total. The summed E-state index contributed by atoms with van der Waals surface area (Å²) in [5.74, 6) is 0.699. The molecule has 0 amide bonds. The quantitative estimate of drug-likeness (QED) is 0.764. The SMILES string of the molecule is CC(C)(C)[C@H](N)c1ncc2c(-c3ccccc3)cccc2n1. The zero-order valence-corrected chi connectivity index (χ0v) is 13.2. The van der Waals surface area contributed by atoms with Crippen molar-refractivity contribution in [3.05, 3.63) is 60.6 Å². The molecule has 0 spiro atoms. The van der Waals surface area contributed by atoms with Gasteiger partial charge in [-0.3, -0.25) is 0 Å². The Morgan fingerprint density at radius 3 is 2.36 bits per heavy atom. The molecule has 0 aliphatic heterocycles. The van der Waals surface area contributed by atoms with Crippen LogP contribution in [0.15, 0.2) is 54.7 Å². The number of benzene rings is 2. The zero-order valence-electron chi connectivity index (χ0n) is 13.2. The van der Waals surface area contributed by atoms with Gasteiger partial charge in [0.15, 0.2) is 0 Å². The molecule has 0 bridgehead atoms. The summed E-state index contributed by atoms with van der Waals surface area (Å²) in [6.45, 7) is 6.31. The average Bonchev–Trinajstić information content (AvgIpc) is 2.53. The van der Waals surface area contributed by atoms with Crippen LogP contribution in [0, 0.1) is 5.41 Å². The van der Waals surface area contributed by atoms with Gasteiger partial charge in [0.2, 0.25) is 0 Å². The number of aromatic nitrogens is 2. The van der Waals surface area contributed by atoms with E-state index in [2.05, 4.69) is 44.0 Å². The third kappa shape index (κ3) is 2.72. The summed E-state index contributed by atoms with van der Waals surface area (Å²) in [7, 11) is 0. The van der Waals surface area contributed by atoms with Gasteiger partial charge in [-0.2, -0.15) is 0 Å². The van der Waals surface area contributed by atoms with Crippen LogP contribution in [-0.4, -0.2) is 9.97 Å². The van der Waals surface area contributed by atoms with Crippen molar-refractivity contribution in [1.82, 2.24) is 9.97 Å². The van der Waals surface area contributed by atoms with Crippen LogP contribution in [0.5, 0.6) is 0 Å². The molecule has 0 aliphatic carbocycles. The molecule has 1 aromatic heterocycles. The molecule has 3 aromatic rings. The number of nitrogens with two attached hydrogens (primary N) is 1. The van der Waals surface area contributed by atoms with Gasteiger partial charge in [-0.15, -0.1) is 0 Å². The number of rotatable bonds is 2. The normalized spacial score (nSPS) is 13.3. The van der Waals surface area contributed by atoms with E-state index in [9.17, 15) is 0 Å². The summed E-state index contributed by atoms with van der Waals surface area (Å²) in [6.07, 6.45) is 1.89. The van der Waals surface area contributed by atoms with Gasteiger partial charge in [0.1, 0.15) is 5.82 Å². The topological polar surface area (TPSA) is 51.8 Å². The second kappa shape index (κ2) is 5.50. The smallest absolute Gasteiger partial charge is 0.146 e. The van der Waals surface area contributed by atoms with Crippen molar-refractivity contribution in [1.29, 1.82) is 0 Å². The minimum Gasteiger partial charge on any atom is -0.321 e. The summed E-state index contributed by atoms with van der Waals surface area (Å²) in [5.41, 5.74) is 9.48. The van der Waals surface area contributed by atoms with E-state index in [0.29, 0.717) is 5.82 Å². The zero-order chi connectivity index (χ0) is 15.7. The van der Waals surface area contributed by atoms with E-state index in [1.165, 1.54) is 5.56 Å². The van der Waals surface area contributed by atoms with Crippen LogP contribution in [0.1, 0.15) is 32.6 Å². The molecule has 22 heavy (non-hydrogen) atoms. The highest BCUT2D eigenvalue weighted by Crippen LogP contribution is 2.31. The van der Waals surface area contributed by atoms with Crippen molar-refractivity contribution < 1.29 is 0 Å². The second-order valence-electron chi connectivity index (χ2n) is 6.68. The number of hydrogen-bond donors (Lipinski definition) is 1. The van der Waals surface area contributed by atoms with E-state index < -0.39 is 0 Å². The van der Waals surface area contributed by atoms with E-state index >= 15 is 0 Å². The Balaban J connectivity index is 2.13. The van der Waals surface area contributed by atoms with Crippen LogP contribution < -0.4 is 5.73 Å². The fourth-order valence-electron chi connectivity index (χ4n) is 2.48. The first-order chi connectivity index (χ1) is 10.5. The molecule has 0 saturated heterocycles. The fourth-order valence-corrected chi connectivity index (χ4v) is 2.48. The van der Waals surface area contributed by atoms with Gasteiger partial charge in [-0.25, -0.2) is 9.97 Å². The first kappa shape index (κ1) is 14.7. The Hall–Kier alpha value is -2.26. The van der Waals surface area contributed by atoms with Crippen LogP contribution >= 0.6 is 0 Å². The van der Waals surface area contributed by atoms with E-state index in [4.69, 9.17) is 10.7 Å². The molecule has 1 atom stereocenters. The predicted octanol–water partition coefficient (Wildman–Crippen LogP) is 4.34. The van der Waals surface area contributed by atoms with Crippen molar-refractivity contribution in [2.75, 3.05) is 0 Å². The molecule has 2 aromatic carbocycles. The molecule has 0 aliphatic rings. The molecule has 1 heterocycles. The van der Waals surface area contributed by atoms with Crippen molar-refractivity contribution >= 4 is 10.9 Å². The highest BCUT2D eigenvalue weighted by Gasteiger charge is 2.25. The van der Waals surface area contributed by atoms with Crippen molar-refractivity contribution in [3.63, 3.8) is 0 Å². The van der Waals surface area contributed by atoms with Gasteiger partial charge in [0.25, 0.3) is 0 Å². The van der Waals surface area contributed by atoms with Crippen LogP contribution in [0.25, 0.3) is 22.0 Å². The molecule has 3 rings (SSSR count). The lowest BCUT2D eigenvalue weighted by Gasteiger charge is -2.25. The highest BCUT2D eigenvalue weighted by atomic mass is 14.9. The lowest BCUT2D eigenvalue weighted by atomic mass is 9.87. The van der Waals surface area contributed by atoms with Gasteiger partial charge in [0.05, 0.1) is 11.6 Å². The lowest BCUT2D eigenvalue weighted by Crippen LogP contribution is -2.28. The van der Waals surface area contributed by atoms with E-state index in [0.717, 1.165) is 16.5 Å². The Morgan fingerprint density at radius 1 is 0.955 bits per heavy atom. The third-order valence-corrected chi connectivity index (χ3v) is 3.94. The molecule has 2 N–H and O–H groups in total. The molecule has 0 unspecified atom stereocenters. The van der Waals surface area contributed by atoms with Gasteiger partial charge in [-0.1, -0.05) is 63.2 Å². The summed E-state index contributed by atoms with van der Waals surface area (Å²) in [5, 5.41) is 1.05. The van der Waals surface area contributed by atoms with Crippen molar-refractivity contribution in [2.24, 2.45) is 11.1 Å². The predicted molar refractivity (Wildman–Crippen MR) is 91.4 cm³/mol. The molecule has 0 saturated carbocycles. The fraction of sp³-hybridized carbons (Fsp3) is 0.263. The second-order valence-corrected chi connectivity index (χ2v) is 6.68. The third-order valence-electron chi connectivity index (χ3n) is 3.94. The molecular formula is C19H21N3. The molecule has 0 fully saturated rings. The summed E-state index contributed by atoms with van der Waals surface area (Å²) >= 11 is 0. The standard InChI is InChI=1S/C19H21N3/c1-19(2,3)17(20)18-21-12-15-14(10-7-11-16(15)22-18)13-8-5-4-6-9-13/h4-12,17H,20H2,1-3H3/t17-/m1/s1. The number of hydrogen-bond acceptors (Lipinski definition) is 3. The number of nitrogens with zero attached hydrogens (tertiary/aromatic N) is 2. The minimum atomic E-state index is -0.183. The molecule has 0 radical (unpaired) electrons. The van der Waals surface area contributed by atoms with Gasteiger partial charge in [0, 0.05) is 11.6 Å². The monoisotopic (exact) mass is 291 g/mol. The first-order valence-electron chi connectivity index (χ1n) is 7.53. The molecular weight excluding hydrogens is 270 g/mol. The van der Waals surface area contributed by atoms with E-state index in [1.54, 1.807) is 0 Å². The maximum absolute atomic E-state index is 6.29. The van der Waals surface area contributed by atoms with E-state index in [-0.39, 0.29) is 11.5 Å². The lowest BCUT2D eigenvalue weighted by molar-refractivity contribution is 0.316. The van der Waals surface area contributed by atoms with Crippen LogP contribution in [0.4, 0.5) is 0 Å². The Bertz CT molecular complexity index is 789. The van der Waals surface area contributed by atoms with Crippen molar-refractivity contribution in [3.8, 4) is 11.1 Å². The summed E-state index contributed by atoms with van der Waals surface area (Å²) < 4.78 is 0. The molecule has 3 heteroatoms. The Morgan fingerprint density at radius 2 is 1.68 bits per heavy atom. The largest absolute Gasteiger partial charge is 0.321 e. The number of fused-ring (bicyclic) bond motifs is 1. The summed E-state index contributed by atoms with van der Waals surface area (Å²) in [6, 6.07) is 16.3. The summed E-state index contributed by atoms with van der Waals surface area (Å²) in [4.78, 5) is 9.21. The Labute approximate surface area is 131 Å². The maximum Gasteiger partial charge on any atom is 0.146 e. The highest BCUT2D eigenvalue weighted by molar-refractivity contribution is 5.93. The molecule has 112 valence electrons. The average molecular weight is 291 g/mol. The Kier molecular flexibility index (Phi) is 3.67. The van der Waals surface area contributed by atoms with Crippen LogP contribution in [-0.2, 0) is 0 Å². The van der Waals surface area contributed by atoms with E-state index in [1.807, 2.05) is 36.5 Å². The van der Waals surface area contributed by atoms with Gasteiger partial charge < -0.3 is 5.73 Å².